The van der Waals surface area contributed by atoms with Gasteiger partial charge in [-0.1, -0.05) is 23.2 Å². The summed E-state index contributed by atoms with van der Waals surface area (Å²) in [6, 6.07) is 12.5. The van der Waals surface area contributed by atoms with Crippen LogP contribution < -0.4 is 0 Å². The van der Waals surface area contributed by atoms with E-state index >= 15 is 0 Å². The lowest BCUT2D eigenvalue weighted by atomic mass is 9.98. The first-order valence-corrected chi connectivity index (χ1v) is 11.4. The van der Waals surface area contributed by atoms with Gasteiger partial charge >= 0.3 is 5.97 Å². The lowest BCUT2D eigenvalue weighted by Crippen LogP contribution is -2.43. The lowest BCUT2D eigenvalue weighted by molar-refractivity contribution is -0.149. The molecule has 4 rings (SSSR count). The number of rotatable bonds is 5. The molecule has 1 aliphatic rings. The molecule has 0 radical (unpaired) electrons. The fourth-order valence-electron chi connectivity index (χ4n) is 3.88. The molecule has 172 valence electrons. The van der Waals surface area contributed by atoms with Crippen molar-refractivity contribution in [2.24, 2.45) is 5.92 Å². The van der Waals surface area contributed by atoms with Crippen molar-refractivity contribution in [2.45, 2.75) is 19.8 Å². The number of likely N-dealkylation sites (tertiary alicyclic amines) is 1. The molecule has 0 saturated carbocycles. The zero-order valence-electron chi connectivity index (χ0n) is 17.9. The average molecular weight is 490 g/mol. The van der Waals surface area contributed by atoms with E-state index in [1.165, 1.54) is 16.8 Å². The van der Waals surface area contributed by atoms with Gasteiger partial charge in [-0.15, -0.1) is 0 Å². The standard InChI is InChI=1S/C24H22Cl2FN3O3/c1-2-33-24(32)16-4-3-11-29(14-16)23(31)22-13-21(15-5-7-17(27)8-6-15)28-30(22)18-9-10-19(25)20(26)12-18/h5-10,12-13,16H,2-4,11,14H2,1H3. The molecule has 33 heavy (non-hydrogen) atoms. The van der Waals surface area contributed by atoms with Gasteiger partial charge in [0.15, 0.2) is 0 Å². The fraction of sp³-hybridized carbons (Fsp3) is 0.292. The minimum Gasteiger partial charge on any atom is -0.466 e. The van der Waals surface area contributed by atoms with Crippen LogP contribution in [0.4, 0.5) is 4.39 Å². The Kier molecular flexibility index (Phi) is 7.00. The maximum atomic E-state index is 13.6. The highest BCUT2D eigenvalue weighted by Crippen LogP contribution is 2.29. The van der Waals surface area contributed by atoms with Gasteiger partial charge in [-0.3, -0.25) is 9.59 Å². The second-order valence-electron chi connectivity index (χ2n) is 7.77. The predicted octanol–water partition coefficient (Wildman–Crippen LogP) is 5.40. The van der Waals surface area contributed by atoms with Gasteiger partial charge in [0.05, 0.1) is 34.0 Å². The normalized spacial score (nSPS) is 16.0. The molecular formula is C24H22Cl2FN3O3. The summed E-state index contributed by atoms with van der Waals surface area (Å²) < 4.78 is 20.1. The smallest absolute Gasteiger partial charge is 0.310 e. The van der Waals surface area contributed by atoms with Gasteiger partial charge in [0, 0.05) is 18.7 Å². The quantitative estimate of drug-likeness (QED) is 0.450. The second-order valence-corrected chi connectivity index (χ2v) is 8.59. The van der Waals surface area contributed by atoms with Gasteiger partial charge in [-0.2, -0.15) is 5.10 Å². The Bertz CT molecular complexity index is 1180. The fourth-order valence-corrected chi connectivity index (χ4v) is 4.18. The van der Waals surface area contributed by atoms with Crippen LogP contribution in [0.1, 0.15) is 30.3 Å². The number of carbonyl (C=O) groups excluding carboxylic acids is 2. The van der Waals surface area contributed by atoms with Crippen LogP contribution in [0.2, 0.25) is 10.0 Å². The average Bonchev–Trinajstić information content (AvgIpc) is 3.26. The third-order valence-electron chi connectivity index (χ3n) is 5.54. The zero-order chi connectivity index (χ0) is 23.5. The molecule has 1 aliphatic heterocycles. The molecule has 2 heterocycles. The van der Waals surface area contributed by atoms with Crippen LogP contribution in [0.3, 0.4) is 0 Å². The lowest BCUT2D eigenvalue weighted by Gasteiger charge is -2.31. The number of halogens is 3. The van der Waals surface area contributed by atoms with Gasteiger partial charge in [-0.25, -0.2) is 9.07 Å². The zero-order valence-corrected chi connectivity index (χ0v) is 19.4. The first-order valence-electron chi connectivity index (χ1n) is 10.6. The van der Waals surface area contributed by atoms with Gasteiger partial charge in [-0.05, 0) is 68.3 Å². The van der Waals surface area contributed by atoms with Crippen LogP contribution in [0.5, 0.6) is 0 Å². The van der Waals surface area contributed by atoms with Crippen molar-refractivity contribution in [1.29, 1.82) is 0 Å². The highest BCUT2D eigenvalue weighted by molar-refractivity contribution is 6.42. The number of nitrogens with zero attached hydrogens (tertiary/aromatic N) is 3. The largest absolute Gasteiger partial charge is 0.466 e. The van der Waals surface area contributed by atoms with Crippen molar-refractivity contribution in [2.75, 3.05) is 19.7 Å². The number of piperidine rings is 1. The Labute approximate surface area is 200 Å². The number of benzene rings is 2. The molecule has 1 aromatic heterocycles. The van der Waals surface area contributed by atoms with Crippen molar-refractivity contribution in [3.63, 3.8) is 0 Å². The SMILES string of the molecule is CCOC(=O)C1CCCN(C(=O)c2cc(-c3ccc(F)cc3)nn2-c2ccc(Cl)c(Cl)c2)C1. The van der Waals surface area contributed by atoms with Crippen LogP contribution in [-0.4, -0.2) is 46.3 Å². The highest BCUT2D eigenvalue weighted by Gasteiger charge is 2.31. The summed E-state index contributed by atoms with van der Waals surface area (Å²) in [5.74, 6) is -1.28. The van der Waals surface area contributed by atoms with Gasteiger partial charge < -0.3 is 9.64 Å². The highest BCUT2D eigenvalue weighted by atomic mass is 35.5. The van der Waals surface area contributed by atoms with E-state index in [-0.39, 0.29) is 30.2 Å². The first kappa shape index (κ1) is 23.3. The van der Waals surface area contributed by atoms with E-state index in [0.29, 0.717) is 58.7 Å². The van der Waals surface area contributed by atoms with Crippen molar-refractivity contribution in [1.82, 2.24) is 14.7 Å². The minimum absolute atomic E-state index is 0.268. The van der Waals surface area contributed by atoms with Crippen LogP contribution in [0.25, 0.3) is 16.9 Å². The molecule has 1 saturated heterocycles. The number of hydrogen-bond donors (Lipinski definition) is 0. The van der Waals surface area contributed by atoms with E-state index in [1.54, 1.807) is 48.2 Å². The Hall–Kier alpha value is -2.90. The van der Waals surface area contributed by atoms with E-state index in [0.717, 1.165) is 0 Å². The summed E-state index contributed by atoms with van der Waals surface area (Å²) in [6.07, 6.45) is 1.37. The summed E-state index contributed by atoms with van der Waals surface area (Å²) in [5, 5.41) is 5.31. The number of aromatic nitrogens is 2. The molecule has 1 atom stereocenters. The van der Waals surface area contributed by atoms with Crippen molar-refractivity contribution in [3.8, 4) is 16.9 Å². The topological polar surface area (TPSA) is 64.4 Å². The summed E-state index contributed by atoms with van der Waals surface area (Å²) >= 11 is 12.3. The molecular weight excluding hydrogens is 468 g/mol. The van der Waals surface area contributed by atoms with Crippen molar-refractivity contribution in [3.05, 3.63) is 70.1 Å². The molecule has 1 unspecified atom stereocenters. The molecule has 0 spiro atoms. The molecule has 9 heteroatoms. The molecule has 0 N–H and O–H groups in total. The Balaban J connectivity index is 1.72. The number of esters is 1. The first-order chi connectivity index (χ1) is 15.9. The van der Waals surface area contributed by atoms with E-state index in [9.17, 15) is 14.0 Å². The third-order valence-corrected chi connectivity index (χ3v) is 6.28. The van der Waals surface area contributed by atoms with Crippen molar-refractivity contribution < 1.29 is 18.7 Å². The van der Waals surface area contributed by atoms with E-state index in [2.05, 4.69) is 5.10 Å². The minimum atomic E-state index is -0.364. The van der Waals surface area contributed by atoms with E-state index in [4.69, 9.17) is 27.9 Å². The second kappa shape index (κ2) is 9.93. The molecule has 0 bridgehead atoms. The van der Waals surface area contributed by atoms with E-state index < -0.39 is 0 Å². The number of amides is 1. The van der Waals surface area contributed by atoms with Crippen LogP contribution in [-0.2, 0) is 9.53 Å². The summed E-state index contributed by atoms with van der Waals surface area (Å²) in [5.41, 5.74) is 2.02. The summed E-state index contributed by atoms with van der Waals surface area (Å²) in [4.78, 5) is 27.4. The van der Waals surface area contributed by atoms with Crippen LogP contribution in [0.15, 0.2) is 48.5 Å². The number of ether oxygens (including phenoxy) is 1. The summed E-state index contributed by atoms with van der Waals surface area (Å²) in [7, 11) is 0. The molecule has 2 aromatic carbocycles. The number of hydrogen-bond acceptors (Lipinski definition) is 4. The monoisotopic (exact) mass is 489 g/mol. The maximum absolute atomic E-state index is 13.6. The van der Waals surface area contributed by atoms with Crippen LogP contribution >= 0.6 is 23.2 Å². The van der Waals surface area contributed by atoms with Gasteiger partial charge in [0.2, 0.25) is 0 Å². The summed E-state index contributed by atoms with van der Waals surface area (Å²) in [6.45, 7) is 2.86. The van der Waals surface area contributed by atoms with Crippen molar-refractivity contribution >= 4 is 35.1 Å². The molecule has 1 amide bonds. The molecule has 3 aromatic rings. The third kappa shape index (κ3) is 5.04. The Morgan fingerprint density at radius 1 is 1.12 bits per heavy atom. The maximum Gasteiger partial charge on any atom is 0.310 e. The molecule has 1 fully saturated rings. The van der Waals surface area contributed by atoms with Gasteiger partial charge in [0.1, 0.15) is 11.5 Å². The van der Waals surface area contributed by atoms with E-state index in [1.807, 2.05) is 0 Å². The Morgan fingerprint density at radius 3 is 2.58 bits per heavy atom. The predicted molar refractivity (Wildman–Crippen MR) is 124 cm³/mol. The molecule has 6 nitrogen and oxygen atoms in total. The Morgan fingerprint density at radius 2 is 1.88 bits per heavy atom. The van der Waals surface area contributed by atoms with Crippen LogP contribution in [0, 0.1) is 11.7 Å². The van der Waals surface area contributed by atoms with Gasteiger partial charge in [0.25, 0.3) is 5.91 Å². The molecule has 0 aliphatic carbocycles. The number of carbonyl (C=O) groups is 2.